The van der Waals surface area contributed by atoms with Crippen molar-refractivity contribution in [3.63, 3.8) is 0 Å². The fourth-order valence-electron chi connectivity index (χ4n) is 4.00. The second kappa shape index (κ2) is 9.59. The number of halogens is 1. The molecule has 4 aromatic rings. The molecule has 34 heavy (non-hydrogen) atoms. The van der Waals surface area contributed by atoms with Gasteiger partial charge in [-0.05, 0) is 41.5 Å². The van der Waals surface area contributed by atoms with Gasteiger partial charge in [-0.2, -0.15) is 0 Å². The first kappa shape index (κ1) is 22.0. The third-order valence-electron chi connectivity index (χ3n) is 5.65. The number of aromatic hydroxyl groups is 1. The summed E-state index contributed by atoms with van der Waals surface area (Å²) in [4.78, 5) is 17.2. The molecule has 0 radical (unpaired) electrons. The Morgan fingerprint density at radius 1 is 1.06 bits per heavy atom. The number of hydrogen-bond donors (Lipinski definition) is 3. The predicted molar refractivity (Wildman–Crippen MR) is 129 cm³/mol. The molecule has 172 valence electrons. The normalized spacial score (nSPS) is 13.1. The lowest BCUT2D eigenvalue weighted by Crippen LogP contribution is -2.36. The molecule has 0 bridgehead atoms. The third kappa shape index (κ3) is 4.48. The molecular formula is C26H22ClN3O4. The van der Waals surface area contributed by atoms with Crippen LogP contribution in [0.5, 0.6) is 17.2 Å². The number of carbonyl (C=O) groups is 1. The maximum atomic E-state index is 12.9. The molecule has 0 spiro atoms. The van der Waals surface area contributed by atoms with Crippen LogP contribution in [-0.4, -0.2) is 29.3 Å². The zero-order valence-electron chi connectivity index (χ0n) is 18.1. The Bertz CT molecular complexity index is 1350. The molecule has 7 nitrogen and oxygen atoms in total. The number of hydrogen-bond acceptors (Lipinski definition) is 6. The summed E-state index contributed by atoms with van der Waals surface area (Å²) in [6, 6.07) is 19.7. The second-order valence-electron chi connectivity index (χ2n) is 7.90. The average molecular weight is 476 g/mol. The fraction of sp³-hybridized carbons (Fsp3) is 0.154. The van der Waals surface area contributed by atoms with E-state index in [1.54, 1.807) is 24.4 Å². The zero-order chi connectivity index (χ0) is 23.5. The minimum Gasteiger partial charge on any atom is -0.505 e. The molecule has 1 aliphatic heterocycles. The lowest BCUT2D eigenvalue weighted by molar-refractivity contribution is -0.120. The summed E-state index contributed by atoms with van der Waals surface area (Å²) < 4.78 is 10.7. The number of phenolic OH excluding ortho intramolecular Hbond substituents is 1. The van der Waals surface area contributed by atoms with Crippen molar-refractivity contribution in [1.29, 1.82) is 0 Å². The van der Waals surface area contributed by atoms with Gasteiger partial charge in [-0.15, -0.1) is 0 Å². The van der Waals surface area contributed by atoms with E-state index < -0.39 is 6.04 Å². The number of pyridine rings is 1. The van der Waals surface area contributed by atoms with Gasteiger partial charge in [0.1, 0.15) is 11.3 Å². The lowest BCUT2D eigenvalue weighted by atomic mass is 9.96. The predicted octanol–water partition coefficient (Wildman–Crippen LogP) is 4.32. The van der Waals surface area contributed by atoms with Crippen LogP contribution in [-0.2, 0) is 11.3 Å². The summed E-state index contributed by atoms with van der Waals surface area (Å²) in [7, 11) is 0. The Balaban J connectivity index is 1.35. The van der Waals surface area contributed by atoms with Crippen LogP contribution in [0, 0.1) is 0 Å². The minimum absolute atomic E-state index is 0.0116. The van der Waals surface area contributed by atoms with Gasteiger partial charge in [-0.1, -0.05) is 48.0 Å². The van der Waals surface area contributed by atoms with Crippen molar-refractivity contribution in [2.24, 2.45) is 0 Å². The molecule has 5 rings (SSSR count). The first-order chi connectivity index (χ1) is 16.6. The molecule has 0 aliphatic carbocycles. The molecule has 1 atom stereocenters. The first-order valence-corrected chi connectivity index (χ1v) is 11.2. The highest BCUT2D eigenvalue weighted by Crippen LogP contribution is 2.38. The van der Waals surface area contributed by atoms with E-state index in [0.717, 1.165) is 16.9 Å². The SMILES string of the molecule is O=C(CNCc1ccc2c(c1)OCO2)NC(c1ccccc1)c1cc(Cl)c2cccnc2c1O. The maximum Gasteiger partial charge on any atom is 0.234 e. The summed E-state index contributed by atoms with van der Waals surface area (Å²) in [5.74, 6) is 1.18. The highest BCUT2D eigenvalue weighted by molar-refractivity contribution is 6.35. The number of fused-ring (bicyclic) bond motifs is 2. The Morgan fingerprint density at radius 2 is 1.88 bits per heavy atom. The number of nitrogens with one attached hydrogen (secondary N) is 2. The summed E-state index contributed by atoms with van der Waals surface area (Å²) in [6.45, 7) is 0.784. The number of nitrogens with zero attached hydrogens (tertiary/aromatic N) is 1. The number of ether oxygens (including phenoxy) is 2. The molecule has 3 aromatic carbocycles. The number of benzene rings is 3. The molecule has 1 amide bonds. The van der Waals surface area contributed by atoms with Crippen LogP contribution in [0.1, 0.15) is 22.7 Å². The molecule has 0 saturated heterocycles. The molecule has 1 aliphatic rings. The van der Waals surface area contributed by atoms with Crippen molar-refractivity contribution in [2.45, 2.75) is 12.6 Å². The molecule has 1 unspecified atom stereocenters. The minimum atomic E-state index is -0.607. The van der Waals surface area contributed by atoms with E-state index in [0.29, 0.717) is 33.8 Å². The maximum absolute atomic E-state index is 12.9. The summed E-state index contributed by atoms with van der Waals surface area (Å²) in [5, 5.41) is 18.3. The van der Waals surface area contributed by atoms with E-state index in [1.807, 2.05) is 48.5 Å². The van der Waals surface area contributed by atoms with Gasteiger partial charge in [0.2, 0.25) is 12.7 Å². The smallest absolute Gasteiger partial charge is 0.234 e. The van der Waals surface area contributed by atoms with Crippen molar-refractivity contribution in [2.75, 3.05) is 13.3 Å². The van der Waals surface area contributed by atoms with Crippen LogP contribution in [0.25, 0.3) is 10.9 Å². The van der Waals surface area contributed by atoms with Crippen LogP contribution in [0.3, 0.4) is 0 Å². The quantitative estimate of drug-likeness (QED) is 0.368. The van der Waals surface area contributed by atoms with Crippen LogP contribution in [0.15, 0.2) is 72.9 Å². The van der Waals surface area contributed by atoms with Gasteiger partial charge < -0.3 is 25.2 Å². The summed E-state index contributed by atoms with van der Waals surface area (Å²) >= 11 is 6.50. The van der Waals surface area contributed by atoms with Gasteiger partial charge in [-0.3, -0.25) is 9.78 Å². The van der Waals surface area contributed by atoms with Gasteiger partial charge in [0.05, 0.1) is 17.6 Å². The Labute approximate surface area is 201 Å². The zero-order valence-corrected chi connectivity index (χ0v) is 18.9. The summed E-state index contributed by atoms with van der Waals surface area (Å²) in [5.41, 5.74) is 2.66. The van der Waals surface area contributed by atoms with E-state index in [9.17, 15) is 9.90 Å². The molecule has 0 saturated carbocycles. The number of rotatable bonds is 7. The van der Waals surface area contributed by atoms with Crippen molar-refractivity contribution in [1.82, 2.24) is 15.6 Å². The highest BCUT2D eigenvalue weighted by atomic mass is 35.5. The topological polar surface area (TPSA) is 92.7 Å². The van der Waals surface area contributed by atoms with Crippen molar-refractivity contribution < 1.29 is 19.4 Å². The standard InChI is InChI=1S/C26H22ClN3O4/c27-20-12-19(26(32)25-18(20)7-4-10-29-25)24(17-5-2-1-3-6-17)30-23(31)14-28-13-16-8-9-21-22(11-16)34-15-33-21/h1-12,24,28,32H,13-15H2,(H,30,31). The Kier molecular flexibility index (Phi) is 6.20. The number of carbonyl (C=O) groups excluding carboxylic acids is 1. The van der Waals surface area contributed by atoms with Crippen molar-refractivity contribution in [3.8, 4) is 17.2 Å². The largest absolute Gasteiger partial charge is 0.505 e. The van der Waals surface area contributed by atoms with Crippen LogP contribution >= 0.6 is 11.6 Å². The van der Waals surface area contributed by atoms with Crippen molar-refractivity contribution >= 4 is 28.4 Å². The van der Waals surface area contributed by atoms with E-state index in [2.05, 4.69) is 15.6 Å². The third-order valence-corrected chi connectivity index (χ3v) is 5.96. The van der Waals surface area contributed by atoms with Gasteiger partial charge in [-0.25, -0.2) is 0 Å². The fourth-order valence-corrected chi connectivity index (χ4v) is 4.27. The van der Waals surface area contributed by atoms with E-state index in [1.165, 1.54) is 0 Å². The monoisotopic (exact) mass is 475 g/mol. The molecule has 8 heteroatoms. The van der Waals surface area contributed by atoms with E-state index in [-0.39, 0.29) is 25.0 Å². The first-order valence-electron chi connectivity index (χ1n) is 10.8. The van der Waals surface area contributed by atoms with Gasteiger partial charge >= 0.3 is 0 Å². The number of phenols is 1. The van der Waals surface area contributed by atoms with Gasteiger partial charge in [0.25, 0.3) is 0 Å². The molecule has 1 aromatic heterocycles. The average Bonchev–Trinajstić information content (AvgIpc) is 3.34. The number of amides is 1. The van der Waals surface area contributed by atoms with Crippen LogP contribution < -0.4 is 20.1 Å². The molecule has 3 N–H and O–H groups in total. The molecule has 2 heterocycles. The van der Waals surface area contributed by atoms with Gasteiger partial charge in [0, 0.05) is 23.7 Å². The lowest BCUT2D eigenvalue weighted by Gasteiger charge is -2.22. The Morgan fingerprint density at radius 3 is 2.74 bits per heavy atom. The molecular weight excluding hydrogens is 454 g/mol. The van der Waals surface area contributed by atoms with Crippen molar-refractivity contribution in [3.05, 3.63) is 94.6 Å². The van der Waals surface area contributed by atoms with E-state index in [4.69, 9.17) is 21.1 Å². The number of aromatic nitrogens is 1. The Hall–Kier alpha value is -3.81. The second-order valence-corrected chi connectivity index (χ2v) is 8.31. The highest BCUT2D eigenvalue weighted by Gasteiger charge is 2.23. The van der Waals surface area contributed by atoms with Gasteiger partial charge in [0.15, 0.2) is 11.5 Å². The molecule has 0 fully saturated rings. The van der Waals surface area contributed by atoms with Crippen LogP contribution in [0.4, 0.5) is 0 Å². The van der Waals surface area contributed by atoms with Crippen LogP contribution in [0.2, 0.25) is 5.02 Å². The summed E-state index contributed by atoms with van der Waals surface area (Å²) in [6.07, 6.45) is 1.60. The van der Waals surface area contributed by atoms with E-state index >= 15 is 0 Å².